The van der Waals surface area contributed by atoms with Crippen LogP contribution in [-0.4, -0.2) is 16.1 Å². The van der Waals surface area contributed by atoms with Gasteiger partial charge in [0.05, 0.1) is 10.7 Å². The van der Waals surface area contributed by atoms with Gasteiger partial charge in [-0.2, -0.15) is 0 Å². The number of hydrogen-bond donors (Lipinski definition) is 1. The van der Waals surface area contributed by atoms with E-state index in [0.29, 0.717) is 26.5 Å². The van der Waals surface area contributed by atoms with E-state index in [4.69, 9.17) is 11.6 Å². The minimum absolute atomic E-state index is 0.310. The van der Waals surface area contributed by atoms with Crippen LogP contribution in [0.15, 0.2) is 22.7 Å². The molecule has 98 valence electrons. The topological polar surface area (TPSA) is 50.2 Å². The molecule has 3 rings (SSSR count). The Balaban J connectivity index is 2.10. The van der Waals surface area contributed by atoms with Gasteiger partial charge < -0.3 is 5.11 Å². The van der Waals surface area contributed by atoms with Gasteiger partial charge in [-0.25, -0.2) is 9.78 Å². The van der Waals surface area contributed by atoms with Crippen LogP contribution in [0.5, 0.6) is 0 Å². The van der Waals surface area contributed by atoms with Crippen molar-refractivity contribution in [2.45, 2.75) is 18.8 Å². The molecule has 0 radical (unpaired) electrons. The van der Waals surface area contributed by atoms with Gasteiger partial charge in [0.15, 0.2) is 0 Å². The quantitative estimate of drug-likeness (QED) is 0.857. The Labute approximate surface area is 127 Å². The zero-order chi connectivity index (χ0) is 13.6. The zero-order valence-corrected chi connectivity index (χ0v) is 12.8. The maximum absolute atomic E-state index is 11.3. The summed E-state index contributed by atoms with van der Waals surface area (Å²) in [6, 6.07) is 5.52. The van der Waals surface area contributed by atoms with E-state index in [1.54, 1.807) is 6.07 Å². The summed E-state index contributed by atoms with van der Waals surface area (Å²) in [5.41, 5.74) is 1.50. The predicted octanol–water partition coefficient (Wildman–Crippen LogP) is 4.80. The summed E-state index contributed by atoms with van der Waals surface area (Å²) in [6.07, 6.45) is 2.05. The molecule has 19 heavy (non-hydrogen) atoms. The smallest absolute Gasteiger partial charge is 0.347 e. The molecule has 0 saturated heterocycles. The van der Waals surface area contributed by atoms with Crippen LogP contribution in [0.25, 0.3) is 10.6 Å². The van der Waals surface area contributed by atoms with Crippen LogP contribution in [0.4, 0.5) is 0 Å². The number of nitrogens with zero attached hydrogens (tertiary/aromatic N) is 1. The first kappa shape index (κ1) is 13.1. The molecule has 1 saturated carbocycles. The van der Waals surface area contributed by atoms with Crippen LogP contribution in [0.1, 0.15) is 34.1 Å². The molecule has 0 atom stereocenters. The van der Waals surface area contributed by atoms with Gasteiger partial charge in [0, 0.05) is 16.0 Å². The number of carboxylic acid groups (broad SMARTS) is 1. The zero-order valence-electron chi connectivity index (χ0n) is 9.69. The number of thiazole rings is 1. The third kappa shape index (κ3) is 2.55. The Morgan fingerprint density at radius 2 is 2.21 bits per heavy atom. The fourth-order valence-electron chi connectivity index (χ4n) is 1.90. The summed E-state index contributed by atoms with van der Waals surface area (Å²) in [6.45, 7) is 0. The minimum atomic E-state index is -0.904. The lowest BCUT2D eigenvalue weighted by molar-refractivity contribution is 0.0700. The fourth-order valence-corrected chi connectivity index (χ4v) is 3.75. The molecule has 6 heteroatoms. The van der Waals surface area contributed by atoms with Gasteiger partial charge in [0.25, 0.3) is 0 Å². The Bertz CT molecular complexity index is 667. The average molecular weight is 359 g/mol. The molecule has 0 bridgehead atoms. The van der Waals surface area contributed by atoms with Gasteiger partial charge in [0.2, 0.25) is 0 Å². The molecule has 1 aliphatic carbocycles. The first-order valence-electron chi connectivity index (χ1n) is 5.75. The van der Waals surface area contributed by atoms with E-state index < -0.39 is 5.97 Å². The maximum Gasteiger partial charge on any atom is 0.347 e. The monoisotopic (exact) mass is 357 g/mol. The van der Waals surface area contributed by atoms with E-state index in [2.05, 4.69) is 20.9 Å². The summed E-state index contributed by atoms with van der Waals surface area (Å²) in [5, 5.41) is 10.5. The molecule has 2 aromatic rings. The van der Waals surface area contributed by atoms with Gasteiger partial charge >= 0.3 is 5.97 Å². The lowest BCUT2D eigenvalue weighted by atomic mass is 10.2. The average Bonchev–Trinajstić information content (AvgIpc) is 3.09. The molecule has 1 aliphatic rings. The molecule has 1 heterocycles. The summed E-state index contributed by atoms with van der Waals surface area (Å²) in [4.78, 5) is 16.1. The molecule has 0 aliphatic heterocycles. The van der Waals surface area contributed by atoms with E-state index in [0.717, 1.165) is 22.9 Å². The number of halogens is 2. The molecule has 3 nitrogen and oxygen atoms in total. The Hall–Kier alpha value is -0.910. The molecule has 0 spiro atoms. The summed E-state index contributed by atoms with van der Waals surface area (Å²) >= 11 is 10.7. The minimum Gasteiger partial charge on any atom is -0.477 e. The highest BCUT2D eigenvalue weighted by atomic mass is 79.9. The third-order valence-corrected chi connectivity index (χ3v) is 4.87. The molecule has 1 aromatic heterocycles. The maximum atomic E-state index is 11.3. The van der Waals surface area contributed by atoms with Crippen LogP contribution in [0, 0.1) is 0 Å². The van der Waals surface area contributed by atoms with Crippen molar-refractivity contribution in [2.75, 3.05) is 0 Å². The molecular formula is C13H9BrClNO2S. The number of carboxylic acids is 1. The van der Waals surface area contributed by atoms with E-state index in [1.807, 2.05) is 12.1 Å². The van der Waals surface area contributed by atoms with Crippen molar-refractivity contribution < 1.29 is 9.90 Å². The second-order valence-electron chi connectivity index (χ2n) is 4.44. The predicted molar refractivity (Wildman–Crippen MR) is 79.2 cm³/mol. The number of aromatic carboxylic acids is 1. The summed E-state index contributed by atoms with van der Waals surface area (Å²) in [5.74, 6) is -0.593. The number of carbonyl (C=O) groups is 1. The van der Waals surface area contributed by atoms with E-state index in [1.165, 1.54) is 11.3 Å². The highest BCUT2D eigenvalue weighted by Crippen LogP contribution is 2.45. The number of benzene rings is 1. The van der Waals surface area contributed by atoms with Gasteiger partial charge in [0.1, 0.15) is 9.88 Å². The number of rotatable bonds is 3. The molecule has 1 aromatic carbocycles. The van der Waals surface area contributed by atoms with Gasteiger partial charge in [-0.3, -0.25) is 0 Å². The van der Waals surface area contributed by atoms with Crippen molar-refractivity contribution in [3.8, 4) is 10.6 Å². The van der Waals surface area contributed by atoms with Gasteiger partial charge in [-0.1, -0.05) is 27.5 Å². The second-order valence-corrected chi connectivity index (χ2v) is 6.76. The molecular weight excluding hydrogens is 350 g/mol. The third-order valence-electron chi connectivity index (χ3n) is 2.97. The number of hydrogen-bond acceptors (Lipinski definition) is 3. The molecule has 0 amide bonds. The van der Waals surface area contributed by atoms with Crippen LogP contribution in [0.2, 0.25) is 5.02 Å². The molecule has 0 unspecified atom stereocenters. The highest BCUT2D eigenvalue weighted by Gasteiger charge is 2.32. The highest BCUT2D eigenvalue weighted by molar-refractivity contribution is 9.10. The van der Waals surface area contributed by atoms with Crippen molar-refractivity contribution in [3.05, 3.63) is 38.3 Å². The van der Waals surface area contributed by atoms with E-state index in [-0.39, 0.29) is 0 Å². The van der Waals surface area contributed by atoms with Crippen molar-refractivity contribution in [1.82, 2.24) is 4.98 Å². The standard InChI is InChI=1S/C13H9BrClNO2S/c14-7-3-4-8(9(15)5-7)12-16-10(6-1-2-6)11(19-12)13(17)18/h3-6H,1-2H2,(H,17,18). The van der Waals surface area contributed by atoms with Gasteiger partial charge in [-0.05, 0) is 31.0 Å². The molecule has 1 N–H and O–H groups in total. The largest absolute Gasteiger partial charge is 0.477 e. The van der Waals surface area contributed by atoms with Crippen molar-refractivity contribution in [2.24, 2.45) is 0 Å². The van der Waals surface area contributed by atoms with Crippen LogP contribution >= 0.6 is 38.9 Å². The Kier molecular flexibility index (Phi) is 3.37. The first-order chi connectivity index (χ1) is 9.06. The SMILES string of the molecule is O=C(O)c1sc(-c2ccc(Br)cc2Cl)nc1C1CC1. The van der Waals surface area contributed by atoms with Gasteiger partial charge in [-0.15, -0.1) is 11.3 Å². The lowest BCUT2D eigenvalue weighted by Gasteiger charge is -2.00. The van der Waals surface area contributed by atoms with E-state index >= 15 is 0 Å². The fraction of sp³-hybridized carbons (Fsp3) is 0.231. The number of aromatic nitrogens is 1. The Morgan fingerprint density at radius 3 is 2.79 bits per heavy atom. The molecule has 1 fully saturated rings. The van der Waals surface area contributed by atoms with Crippen molar-refractivity contribution >= 4 is 44.8 Å². The van der Waals surface area contributed by atoms with E-state index in [9.17, 15) is 9.90 Å². The Morgan fingerprint density at radius 1 is 1.47 bits per heavy atom. The van der Waals surface area contributed by atoms with Crippen LogP contribution in [-0.2, 0) is 0 Å². The summed E-state index contributed by atoms with van der Waals surface area (Å²) in [7, 11) is 0. The lowest BCUT2D eigenvalue weighted by Crippen LogP contribution is -1.97. The first-order valence-corrected chi connectivity index (χ1v) is 7.74. The van der Waals surface area contributed by atoms with Crippen LogP contribution in [0.3, 0.4) is 0 Å². The summed E-state index contributed by atoms with van der Waals surface area (Å²) < 4.78 is 0.888. The second kappa shape index (κ2) is 4.89. The van der Waals surface area contributed by atoms with Crippen molar-refractivity contribution in [1.29, 1.82) is 0 Å². The van der Waals surface area contributed by atoms with Crippen LogP contribution < -0.4 is 0 Å². The van der Waals surface area contributed by atoms with Crippen molar-refractivity contribution in [3.63, 3.8) is 0 Å². The normalized spacial score (nSPS) is 14.6.